The Hall–Kier alpha value is -4.74. The van der Waals surface area contributed by atoms with Crippen LogP contribution in [0.3, 0.4) is 0 Å². The highest BCUT2D eigenvalue weighted by Crippen LogP contribution is 2.32. The average molecular weight is 478 g/mol. The average Bonchev–Trinajstić information content (AvgIpc) is 3.28. The highest BCUT2D eigenvalue weighted by Gasteiger charge is 2.16. The van der Waals surface area contributed by atoms with Gasteiger partial charge in [-0.1, -0.05) is 0 Å². The molecule has 4 rings (SSSR count). The number of carbonyl (C=O) groups excluding carboxylic acids is 1. The van der Waals surface area contributed by atoms with Crippen LogP contribution in [-0.4, -0.2) is 58.0 Å². The highest BCUT2D eigenvalue weighted by molar-refractivity contribution is 5.94. The minimum Gasteiger partial charge on any atom is -0.497 e. The third kappa shape index (κ3) is 4.95. The molecule has 4 aromatic rings. The topological polar surface area (TPSA) is 143 Å². The van der Waals surface area contributed by atoms with Crippen LogP contribution in [0.4, 0.5) is 5.69 Å². The zero-order valence-electron chi connectivity index (χ0n) is 19.2. The number of ether oxygens (including phenoxy) is 3. The molecule has 2 aromatic carbocycles. The zero-order valence-corrected chi connectivity index (χ0v) is 19.2. The monoisotopic (exact) mass is 478 g/mol. The van der Waals surface area contributed by atoms with Crippen molar-refractivity contribution in [1.82, 2.24) is 25.1 Å². The molecule has 0 fully saturated rings. The van der Waals surface area contributed by atoms with Gasteiger partial charge < -0.3 is 19.5 Å². The number of rotatable bonds is 9. The van der Waals surface area contributed by atoms with Crippen LogP contribution in [0.25, 0.3) is 17.0 Å². The van der Waals surface area contributed by atoms with Gasteiger partial charge in [-0.15, -0.1) is 15.3 Å². The first-order valence-electron chi connectivity index (χ1n) is 10.5. The maximum atomic E-state index is 12.3. The lowest BCUT2D eigenvalue weighted by Gasteiger charge is -2.10. The predicted molar refractivity (Wildman–Crippen MR) is 125 cm³/mol. The number of methoxy groups -OCH3 is 2. The van der Waals surface area contributed by atoms with Gasteiger partial charge in [-0.25, -0.2) is 0 Å². The summed E-state index contributed by atoms with van der Waals surface area (Å²) in [6.45, 7) is 1.94. The zero-order chi connectivity index (χ0) is 24.9. The van der Waals surface area contributed by atoms with E-state index in [0.717, 1.165) is 0 Å². The molecule has 0 aliphatic rings. The lowest BCUT2D eigenvalue weighted by molar-refractivity contribution is -0.385. The summed E-state index contributed by atoms with van der Waals surface area (Å²) < 4.78 is 17.9. The van der Waals surface area contributed by atoms with E-state index in [1.807, 2.05) is 0 Å². The number of amides is 1. The molecule has 12 nitrogen and oxygen atoms in total. The molecule has 0 saturated heterocycles. The summed E-state index contributed by atoms with van der Waals surface area (Å²) in [6.07, 6.45) is 0. The third-order valence-corrected chi connectivity index (χ3v) is 5.18. The van der Waals surface area contributed by atoms with Gasteiger partial charge in [-0.2, -0.15) is 4.52 Å². The first kappa shape index (κ1) is 23.4. The van der Waals surface area contributed by atoms with Gasteiger partial charge in [0.2, 0.25) is 5.88 Å². The van der Waals surface area contributed by atoms with Crippen LogP contribution < -0.4 is 19.5 Å². The van der Waals surface area contributed by atoms with Crippen LogP contribution in [0.1, 0.15) is 15.9 Å². The summed E-state index contributed by atoms with van der Waals surface area (Å²) in [4.78, 5) is 22.8. The van der Waals surface area contributed by atoms with Crippen molar-refractivity contribution in [3.8, 4) is 28.8 Å². The summed E-state index contributed by atoms with van der Waals surface area (Å²) in [6, 6.07) is 12.9. The van der Waals surface area contributed by atoms with E-state index in [2.05, 4.69) is 20.6 Å². The van der Waals surface area contributed by atoms with Gasteiger partial charge in [0.15, 0.2) is 11.5 Å². The Morgan fingerprint density at radius 3 is 2.63 bits per heavy atom. The Balaban J connectivity index is 1.42. The van der Waals surface area contributed by atoms with Crippen molar-refractivity contribution in [2.45, 2.75) is 6.92 Å². The first-order valence-corrected chi connectivity index (χ1v) is 10.5. The summed E-state index contributed by atoms with van der Waals surface area (Å²) in [5.74, 6) is 1.61. The Bertz CT molecular complexity index is 1400. The number of hydrogen-bond acceptors (Lipinski definition) is 9. The van der Waals surface area contributed by atoms with Crippen molar-refractivity contribution < 1.29 is 23.9 Å². The van der Waals surface area contributed by atoms with E-state index in [9.17, 15) is 14.9 Å². The summed E-state index contributed by atoms with van der Waals surface area (Å²) in [7, 11) is 3.12. The molecule has 1 N–H and O–H groups in total. The molecule has 12 heteroatoms. The Morgan fingerprint density at radius 2 is 1.91 bits per heavy atom. The van der Waals surface area contributed by atoms with Gasteiger partial charge in [-0.05, 0) is 37.3 Å². The number of nitro groups is 1. The van der Waals surface area contributed by atoms with Crippen LogP contribution in [0.15, 0.2) is 48.5 Å². The Kier molecular flexibility index (Phi) is 6.71. The van der Waals surface area contributed by atoms with E-state index in [1.54, 1.807) is 51.5 Å². The summed E-state index contributed by atoms with van der Waals surface area (Å²) >= 11 is 0. The molecule has 35 heavy (non-hydrogen) atoms. The van der Waals surface area contributed by atoms with Crippen molar-refractivity contribution >= 4 is 17.2 Å². The second-order valence-electron chi connectivity index (χ2n) is 7.39. The van der Waals surface area contributed by atoms with Crippen LogP contribution in [-0.2, 0) is 0 Å². The number of nitro benzene ring substituents is 1. The van der Waals surface area contributed by atoms with Gasteiger partial charge in [0.1, 0.15) is 18.1 Å². The van der Waals surface area contributed by atoms with Crippen molar-refractivity contribution in [2.24, 2.45) is 0 Å². The van der Waals surface area contributed by atoms with E-state index in [4.69, 9.17) is 14.2 Å². The van der Waals surface area contributed by atoms with Crippen molar-refractivity contribution in [1.29, 1.82) is 0 Å². The molecule has 180 valence electrons. The number of benzene rings is 2. The molecule has 2 aromatic heterocycles. The minimum atomic E-state index is -0.486. The van der Waals surface area contributed by atoms with E-state index in [-0.39, 0.29) is 24.7 Å². The number of aryl methyl sites for hydroxylation is 1. The molecular formula is C23H22N6O6. The fraction of sp³-hybridized carbons (Fsp3) is 0.217. The van der Waals surface area contributed by atoms with E-state index in [1.165, 1.54) is 22.7 Å². The van der Waals surface area contributed by atoms with Crippen LogP contribution in [0.2, 0.25) is 0 Å². The molecule has 0 aliphatic heterocycles. The second kappa shape index (κ2) is 10.0. The van der Waals surface area contributed by atoms with E-state index < -0.39 is 4.92 Å². The lowest BCUT2D eigenvalue weighted by atomic mass is 10.1. The fourth-order valence-corrected chi connectivity index (χ4v) is 3.42. The van der Waals surface area contributed by atoms with Crippen LogP contribution in [0.5, 0.6) is 17.4 Å². The molecule has 1 amide bonds. The quantitative estimate of drug-likeness (QED) is 0.218. The van der Waals surface area contributed by atoms with Gasteiger partial charge in [0.05, 0.1) is 31.3 Å². The molecule has 2 heterocycles. The van der Waals surface area contributed by atoms with Crippen LogP contribution >= 0.6 is 0 Å². The van der Waals surface area contributed by atoms with E-state index >= 15 is 0 Å². The minimum absolute atomic E-state index is 0.0352. The van der Waals surface area contributed by atoms with Crippen LogP contribution in [0, 0.1) is 17.0 Å². The smallest absolute Gasteiger partial charge is 0.272 e. The molecule has 0 bridgehead atoms. The third-order valence-electron chi connectivity index (χ3n) is 5.18. The fourth-order valence-electron chi connectivity index (χ4n) is 3.42. The number of hydrogen-bond donors (Lipinski definition) is 1. The standard InChI is InChI=1S/C23H22N6O6/c1-14-12-15(4-7-18(14)29(31)32)23(30)24-10-11-35-21-9-8-20-25-26-22(28(20)27-21)17-6-5-16(33-2)13-19(17)34-3/h4-9,12-13H,10-11H2,1-3H3,(H,24,30). The maximum Gasteiger partial charge on any atom is 0.272 e. The highest BCUT2D eigenvalue weighted by atomic mass is 16.6. The second-order valence-corrected chi connectivity index (χ2v) is 7.39. The maximum absolute atomic E-state index is 12.3. The molecule has 0 radical (unpaired) electrons. The van der Waals surface area contributed by atoms with Gasteiger partial charge in [0, 0.05) is 29.3 Å². The molecule has 0 unspecified atom stereocenters. The molecule has 0 saturated carbocycles. The Morgan fingerprint density at radius 1 is 1.09 bits per heavy atom. The van der Waals surface area contributed by atoms with Gasteiger partial charge >= 0.3 is 0 Å². The normalized spacial score (nSPS) is 10.7. The van der Waals surface area contributed by atoms with E-state index in [0.29, 0.717) is 45.5 Å². The van der Waals surface area contributed by atoms with Gasteiger partial charge in [-0.3, -0.25) is 14.9 Å². The largest absolute Gasteiger partial charge is 0.497 e. The number of carbonyl (C=O) groups is 1. The summed E-state index contributed by atoms with van der Waals surface area (Å²) in [5.41, 5.74) is 1.90. The SMILES string of the molecule is COc1ccc(-c2nnc3ccc(OCCNC(=O)c4ccc([N+](=O)[O-])c(C)c4)nn23)c(OC)c1. The van der Waals surface area contributed by atoms with Crippen molar-refractivity contribution in [3.05, 3.63) is 69.8 Å². The predicted octanol–water partition coefficient (Wildman–Crippen LogP) is 2.83. The molecule has 0 spiro atoms. The first-order chi connectivity index (χ1) is 16.9. The number of nitrogens with zero attached hydrogens (tertiary/aromatic N) is 5. The number of aromatic nitrogens is 4. The Labute approximate surface area is 199 Å². The molecule has 0 atom stereocenters. The van der Waals surface area contributed by atoms with Crippen molar-refractivity contribution in [3.63, 3.8) is 0 Å². The lowest BCUT2D eigenvalue weighted by Crippen LogP contribution is -2.28. The number of nitrogens with one attached hydrogen (secondary N) is 1. The van der Waals surface area contributed by atoms with Gasteiger partial charge in [0.25, 0.3) is 11.6 Å². The molecule has 0 aliphatic carbocycles. The number of fused-ring (bicyclic) bond motifs is 1. The summed E-state index contributed by atoms with van der Waals surface area (Å²) in [5, 5.41) is 26.5. The van der Waals surface area contributed by atoms with Crippen molar-refractivity contribution in [2.75, 3.05) is 27.4 Å². The molecular weight excluding hydrogens is 456 g/mol.